The van der Waals surface area contributed by atoms with E-state index in [1.807, 2.05) is 19.2 Å². The van der Waals surface area contributed by atoms with E-state index in [1.54, 1.807) is 0 Å². The van der Waals surface area contributed by atoms with Crippen molar-refractivity contribution < 1.29 is 0 Å². The molecule has 1 unspecified atom stereocenters. The van der Waals surface area contributed by atoms with Gasteiger partial charge in [-0.05, 0) is 43.5 Å². The van der Waals surface area contributed by atoms with Crippen molar-refractivity contribution in [2.75, 3.05) is 6.54 Å². The smallest absolute Gasteiger partial charge is 0.125 e. The molecule has 3 heteroatoms. The Labute approximate surface area is 121 Å². The number of hydrogen-bond acceptors (Lipinski definition) is 3. The lowest BCUT2D eigenvalue weighted by Gasteiger charge is -2.19. The van der Waals surface area contributed by atoms with Crippen molar-refractivity contribution in [1.82, 2.24) is 15.3 Å². The molecule has 0 bridgehead atoms. The summed E-state index contributed by atoms with van der Waals surface area (Å²) in [5.41, 5.74) is 3.66. The lowest BCUT2D eigenvalue weighted by Crippen LogP contribution is -2.24. The highest BCUT2D eigenvalue weighted by molar-refractivity contribution is 5.30. The van der Waals surface area contributed by atoms with Gasteiger partial charge >= 0.3 is 0 Å². The van der Waals surface area contributed by atoms with E-state index in [2.05, 4.69) is 53.4 Å². The molecule has 0 spiro atoms. The molecule has 0 aliphatic carbocycles. The zero-order valence-corrected chi connectivity index (χ0v) is 12.6. The van der Waals surface area contributed by atoms with Gasteiger partial charge in [-0.25, -0.2) is 9.97 Å². The van der Waals surface area contributed by atoms with E-state index in [0.717, 1.165) is 30.9 Å². The van der Waals surface area contributed by atoms with Gasteiger partial charge < -0.3 is 5.32 Å². The molecule has 0 amide bonds. The highest BCUT2D eigenvalue weighted by atomic mass is 15.0. The maximum atomic E-state index is 4.57. The lowest BCUT2D eigenvalue weighted by atomic mass is 10.0. The largest absolute Gasteiger partial charge is 0.305 e. The van der Waals surface area contributed by atoms with E-state index in [-0.39, 0.29) is 6.04 Å². The average molecular weight is 269 g/mol. The minimum atomic E-state index is 0.141. The summed E-state index contributed by atoms with van der Waals surface area (Å²) in [6, 6.07) is 10.9. The van der Waals surface area contributed by atoms with Crippen LogP contribution in [0.3, 0.4) is 0 Å². The van der Waals surface area contributed by atoms with E-state index >= 15 is 0 Å². The Bertz CT molecular complexity index is 534. The second kappa shape index (κ2) is 7.15. The van der Waals surface area contributed by atoms with Gasteiger partial charge in [0.15, 0.2) is 0 Å². The fourth-order valence-corrected chi connectivity index (χ4v) is 2.26. The molecule has 1 atom stereocenters. The Morgan fingerprint density at radius 3 is 2.45 bits per heavy atom. The van der Waals surface area contributed by atoms with Crippen molar-refractivity contribution in [2.45, 2.75) is 39.7 Å². The summed E-state index contributed by atoms with van der Waals surface area (Å²) in [7, 11) is 0. The quantitative estimate of drug-likeness (QED) is 0.873. The number of nitrogens with one attached hydrogen (secondary N) is 1. The van der Waals surface area contributed by atoms with Crippen molar-refractivity contribution in [1.29, 1.82) is 0 Å². The number of rotatable bonds is 6. The van der Waals surface area contributed by atoms with Crippen molar-refractivity contribution in [3.05, 3.63) is 59.2 Å². The molecule has 1 aromatic carbocycles. The predicted molar refractivity (Wildman–Crippen MR) is 82.7 cm³/mol. The van der Waals surface area contributed by atoms with Crippen molar-refractivity contribution in [3.63, 3.8) is 0 Å². The van der Waals surface area contributed by atoms with Crippen LogP contribution in [0.25, 0.3) is 0 Å². The number of aromatic nitrogens is 2. The topological polar surface area (TPSA) is 37.8 Å². The van der Waals surface area contributed by atoms with E-state index < -0.39 is 0 Å². The second-order valence-corrected chi connectivity index (χ2v) is 5.01. The number of hydrogen-bond donors (Lipinski definition) is 1. The van der Waals surface area contributed by atoms with Crippen LogP contribution in [0.4, 0.5) is 0 Å². The van der Waals surface area contributed by atoms with Crippen LogP contribution in [0.2, 0.25) is 0 Å². The molecule has 0 aliphatic rings. The van der Waals surface area contributed by atoms with E-state index in [0.29, 0.717) is 0 Å². The molecule has 20 heavy (non-hydrogen) atoms. The molecule has 3 nitrogen and oxygen atoms in total. The molecule has 106 valence electrons. The van der Waals surface area contributed by atoms with E-state index in [4.69, 9.17) is 0 Å². The molecule has 0 fully saturated rings. The summed E-state index contributed by atoms with van der Waals surface area (Å²) in [5.74, 6) is 0.816. The molecule has 0 radical (unpaired) electrons. The molecule has 0 saturated heterocycles. The summed E-state index contributed by atoms with van der Waals surface area (Å²) in [6.07, 6.45) is 4.01. The Hall–Kier alpha value is -1.74. The van der Waals surface area contributed by atoms with Crippen LogP contribution in [-0.2, 0) is 6.42 Å². The van der Waals surface area contributed by atoms with E-state index in [1.165, 1.54) is 11.1 Å². The van der Waals surface area contributed by atoms with Crippen molar-refractivity contribution >= 4 is 0 Å². The Morgan fingerprint density at radius 2 is 1.85 bits per heavy atom. The standard InChI is InChI=1S/C17H23N3/c1-4-11-19-17(16-10-12-18-13(3)20-16)15-8-6-14(5-2)7-9-15/h6-10,12,17,19H,4-5,11H2,1-3H3. The predicted octanol–water partition coefficient (Wildman–Crippen LogP) is 3.44. The molecule has 2 aromatic rings. The first kappa shape index (κ1) is 14.7. The maximum absolute atomic E-state index is 4.57. The Kier molecular flexibility index (Phi) is 5.24. The fourth-order valence-electron chi connectivity index (χ4n) is 2.26. The first-order valence-electron chi connectivity index (χ1n) is 7.36. The van der Waals surface area contributed by atoms with Crippen LogP contribution in [0.5, 0.6) is 0 Å². The van der Waals surface area contributed by atoms with Gasteiger partial charge in [0.25, 0.3) is 0 Å². The molecule has 1 aromatic heterocycles. The molecular formula is C17H23N3. The number of aryl methyl sites for hydroxylation is 2. The van der Waals surface area contributed by atoms with Crippen molar-refractivity contribution in [3.8, 4) is 0 Å². The van der Waals surface area contributed by atoms with Gasteiger partial charge in [0, 0.05) is 6.20 Å². The molecular weight excluding hydrogens is 246 g/mol. The summed E-state index contributed by atoms with van der Waals surface area (Å²) in [5, 5.41) is 3.58. The third-order valence-electron chi connectivity index (χ3n) is 3.41. The SMILES string of the molecule is CCCNC(c1ccc(CC)cc1)c1ccnc(C)n1. The van der Waals surface area contributed by atoms with Crippen LogP contribution < -0.4 is 5.32 Å². The minimum Gasteiger partial charge on any atom is -0.305 e. The molecule has 1 heterocycles. The Balaban J connectivity index is 2.30. The third kappa shape index (κ3) is 3.64. The van der Waals surface area contributed by atoms with Crippen LogP contribution in [-0.4, -0.2) is 16.5 Å². The zero-order chi connectivity index (χ0) is 14.4. The van der Waals surface area contributed by atoms with Gasteiger partial charge in [0.2, 0.25) is 0 Å². The monoisotopic (exact) mass is 269 g/mol. The lowest BCUT2D eigenvalue weighted by molar-refractivity contribution is 0.583. The third-order valence-corrected chi connectivity index (χ3v) is 3.41. The highest BCUT2D eigenvalue weighted by Crippen LogP contribution is 2.21. The highest BCUT2D eigenvalue weighted by Gasteiger charge is 2.14. The van der Waals surface area contributed by atoms with Gasteiger partial charge in [-0.15, -0.1) is 0 Å². The number of benzene rings is 1. The van der Waals surface area contributed by atoms with Crippen molar-refractivity contribution in [2.24, 2.45) is 0 Å². The van der Waals surface area contributed by atoms with Crippen LogP contribution >= 0.6 is 0 Å². The van der Waals surface area contributed by atoms with Gasteiger partial charge in [-0.3, -0.25) is 0 Å². The molecule has 1 N–H and O–H groups in total. The van der Waals surface area contributed by atoms with Gasteiger partial charge in [0.05, 0.1) is 11.7 Å². The van der Waals surface area contributed by atoms with Crippen LogP contribution in [0, 0.1) is 6.92 Å². The van der Waals surface area contributed by atoms with Crippen LogP contribution in [0.1, 0.15) is 49.0 Å². The van der Waals surface area contributed by atoms with Crippen LogP contribution in [0.15, 0.2) is 36.5 Å². The zero-order valence-electron chi connectivity index (χ0n) is 12.6. The molecule has 0 aliphatic heterocycles. The van der Waals surface area contributed by atoms with Gasteiger partial charge in [-0.1, -0.05) is 38.1 Å². The normalized spacial score (nSPS) is 12.3. The van der Waals surface area contributed by atoms with Gasteiger partial charge in [-0.2, -0.15) is 0 Å². The molecule has 0 saturated carbocycles. The second-order valence-electron chi connectivity index (χ2n) is 5.01. The summed E-state index contributed by atoms with van der Waals surface area (Å²) in [4.78, 5) is 8.76. The van der Waals surface area contributed by atoms with E-state index in [9.17, 15) is 0 Å². The molecule has 2 rings (SSSR count). The summed E-state index contributed by atoms with van der Waals surface area (Å²) >= 11 is 0. The Morgan fingerprint density at radius 1 is 1.10 bits per heavy atom. The summed E-state index contributed by atoms with van der Waals surface area (Å²) in [6.45, 7) is 7.26. The first-order valence-corrected chi connectivity index (χ1v) is 7.36. The average Bonchev–Trinajstić information content (AvgIpc) is 2.48. The maximum Gasteiger partial charge on any atom is 0.125 e. The summed E-state index contributed by atoms with van der Waals surface area (Å²) < 4.78 is 0. The first-order chi connectivity index (χ1) is 9.74. The number of nitrogens with zero attached hydrogens (tertiary/aromatic N) is 2. The van der Waals surface area contributed by atoms with Gasteiger partial charge in [0.1, 0.15) is 5.82 Å². The fraction of sp³-hybridized carbons (Fsp3) is 0.412. The minimum absolute atomic E-state index is 0.141.